The molecule has 0 saturated heterocycles. The number of nitrogens with two attached hydrogens (primary N) is 1. The van der Waals surface area contributed by atoms with Crippen LogP contribution in [0.4, 0.5) is 13.2 Å². The molecule has 0 unspecified atom stereocenters. The average molecular weight is 439 g/mol. The van der Waals surface area contributed by atoms with Crippen LogP contribution in [0.15, 0.2) is 47.4 Å². The second-order valence-electron chi connectivity index (χ2n) is 6.64. The number of nitrogens with zero attached hydrogens (tertiary/aromatic N) is 2. The number of alkyl halides is 3. The van der Waals surface area contributed by atoms with Gasteiger partial charge in [0.25, 0.3) is 0 Å². The molecule has 1 aromatic heterocycles. The summed E-state index contributed by atoms with van der Waals surface area (Å²) in [6.07, 6.45) is -4.68. The number of primary sulfonamides is 1. The lowest BCUT2D eigenvalue weighted by molar-refractivity contribution is -0.141. The Morgan fingerprint density at radius 2 is 1.83 bits per heavy atom. The Kier molecular flexibility index (Phi) is 5.66. The molecule has 0 saturated carbocycles. The molecule has 0 amide bonds. The first kappa shape index (κ1) is 21.8. The molecule has 6 nitrogen and oxygen atoms in total. The van der Waals surface area contributed by atoms with Crippen molar-refractivity contribution in [1.29, 1.82) is 0 Å². The van der Waals surface area contributed by atoms with Crippen LogP contribution in [-0.2, 0) is 22.6 Å². The van der Waals surface area contributed by atoms with E-state index in [1.165, 1.54) is 31.4 Å². The van der Waals surface area contributed by atoms with E-state index in [2.05, 4.69) is 5.10 Å². The maximum absolute atomic E-state index is 13.8. The number of methoxy groups -OCH3 is 1. The summed E-state index contributed by atoms with van der Waals surface area (Å²) in [5.74, 6) is 0.573. The van der Waals surface area contributed by atoms with Crippen LogP contribution in [0.25, 0.3) is 16.9 Å². The number of hydrogen-bond acceptors (Lipinski definition) is 4. The predicted molar refractivity (Wildman–Crippen MR) is 106 cm³/mol. The van der Waals surface area contributed by atoms with E-state index in [4.69, 9.17) is 9.88 Å². The van der Waals surface area contributed by atoms with Crippen molar-refractivity contribution in [1.82, 2.24) is 9.78 Å². The van der Waals surface area contributed by atoms with Crippen molar-refractivity contribution in [2.75, 3.05) is 7.11 Å². The molecule has 0 spiro atoms. The van der Waals surface area contributed by atoms with E-state index in [0.29, 0.717) is 16.9 Å². The van der Waals surface area contributed by atoms with Gasteiger partial charge in [0.15, 0.2) is 5.69 Å². The molecule has 3 aromatic rings. The summed E-state index contributed by atoms with van der Waals surface area (Å²) in [5, 5.41) is 9.09. The highest BCUT2D eigenvalue weighted by Gasteiger charge is 2.39. The molecule has 3 rings (SSSR count). The van der Waals surface area contributed by atoms with E-state index in [9.17, 15) is 21.6 Å². The molecule has 10 heteroatoms. The number of sulfonamides is 1. The first-order chi connectivity index (χ1) is 14.0. The lowest BCUT2D eigenvalue weighted by Gasteiger charge is -2.14. The van der Waals surface area contributed by atoms with Gasteiger partial charge in [-0.3, -0.25) is 0 Å². The van der Waals surface area contributed by atoms with Crippen LogP contribution in [0.5, 0.6) is 5.75 Å². The predicted octanol–water partition coefficient (Wildman–Crippen LogP) is 4.08. The Bertz CT molecular complexity index is 1200. The van der Waals surface area contributed by atoms with Gasteiger partial charge in [0.05, 0.1) is 18.5 Å². The third-order valence-electron chi connectivity index (χ3n) is 4.67. The molecular formula is C20H20F3N3O3S. The first-order valence-corrected chi connectivity index (χ1v) is 10.5. The topological polar surface area (TPSA) is 87.2 Å². The van der Waals surface area contributed by atoms with Crippen LogP contribution in [0.3, 0.4) is 0 Å². The summed E-state index contributed by atoms with van der Waals surface area (Å²) in [7, 11) is -2.71. The standard InChI is InChI=1S/C20H20F3N3O3S/c1-4-14-18(13-9-10-16(29-3)12(2)11-13)26(25-19(14)20(21,22)23)15-7-5-6-8-17(15)30(24,27)28/h5-11H,4H2,1-3H3,(H2,24,27,28). The van der Waals surface area contributed by atoms with Gasteiger partial charge >= 0.3 is 6.18 Å². The third-order valence-corrected chi connectivity index (χ3v) is 5.63. The van der Waals surface area contributed by atoms with Crippen LogP contribution in [-0.4, -0.2) is 25.3 Å². The van der Waals surface area contributed by atoms with Crippen molar-refractivity contribution in [3.8, 4) is 22.7 Å². The zero-order valence-electron chi connectivity index (χ0n) is 16.5. The fraction of sp³-hybridized carbons (Fsp3) is 0.250. The van der Waals surface area contributed by atoms with E-state index in [1.807, 2.05) is 0 Å². The van der Waals surface area contributed by atoms with Gasteiger partial charge < -0.3 is 4.74 Å². The van der Waals surface area contributed by atoms with Gasteiger partial charge in [-0.1, -0.05) is 19.1 Å². The molecule has 0 atom stereocenters. The molecule has 2 N–H and O–H groups in total. The molecule has 30 heavy (non-hydrogen) atoms. The van der Waals surface area contributed by atoms with Crippen LogP contribution in [0, 0.1) is 6.92 Å². The summed E-state index contributed by atoms with van der Waals surface area (Å²) in [6, 6.07) is 10.5. The zero-order valence-corrected chi connectivity index (χ0v) is 17.3. The number of rotatable bonds is 5. The molecule has 0 aliphatic rings. The highest BCUT2D eigenvalue weighted by molar-refractivity contribution is 7.89. The Morgan fingerprint density at radius 1 is 1.17 bits per heavy atom. The zero-order chi connectivity index (χ0) is 22.3. The van der Waals surface area contributed by atoms with Crippen LogP contribution < -0.4 is 9.88 Å². The van der Waals surface area contributed by atoms with Crippen molar-refractivity contribution < 1.29 is 26.3 Å². The SMILES string of the molecule is CCc1c(C(F)(F)F)nn(-c2ccccc2S(N)(=O)=O)c1-c1ccc(OC)c(C)c1. The average Bonchev–Trinajstić information content (AvgIpc) is 3.07. The monoisotopic (exact) mass is 439 g/mol. The summed E-state index contributed by atoms with van der Waals surface area (Å²) in [5.41, 5.74) is 0.116. The summed E-state index contributed by atoms with van der Waals surface area (Å²) >= 11 is 0. The number of hydrogen-bond donors (Lipinski definition) is 1. The van der Waals surface area contributed by atoms with Gasteiger partial charge in [-0.25, -0.2) is 18.2 Å². The Hall–Kier alpha value is -2.85. The molecule has 0 bridgehead atoms. The van der Waals surface area contributed by atoms with Gasteiger partial charge in [0, 0.05) is 11.1 Å². The lowest BCUT2D eigenvalue weighted by atomic mass is 10.0. The second-order valence-corrected chi connectivity index (χ2v) is 8.17. The molecule has 1 heterocycles. The van der Waals surface area contributed by atoms with E-state index in [1.54, 1.807) is 32.0 Å². The maximum Gasteiger partial charge on any atom is 0.435 e. The Morgan fingerprint density at radius 3 is 2.37 bits per heavy atom. The fourth-order valence-corrected chi connectivity index (χ4v) is 4.10. The van der Waals surface area contributed by atoms with E-state index in [-0.39, 0.29) is 28.3 Å². The van der Waals surface area contributed by atoms with E-state index < -0.39 is 21.9 Å². The summed E-state index contributed by atoms with van der Waals surface area (Å²) < 4.78 is 71.6. The number of aromatic nitrogens is 2. The van der Waals surface area contributed by atoms with Gasteiger partial charge in [0.2, 0.25) is 10.0 Å². The van der Waals surface area contributed by atoms with Crippen LogP contribution in [0.2, 0.25) is 0 Å². The van der Waals surface area contributed by atoms with Crippen molar-refractivity contribution >= 4 is 10.0 Å². The van der Waals surface area contributed by atoms with Crippen molar-refractivity contribution in [2.24, 2.45) is 5.14 Å². The highest BCUT2D eigenvalue weighted by atomic mass is 32.2. The van der Waals surface area contributed by atoms with Gasteiger partial charge in [-0.15, -0.1) is 0 Å². The van der Waals surface area contributed by atoms with E-state index >= 15 is 0 Å². The van der Waals surface area contributed by atoms with Crippen molar-refractivity contribution in [3.63, 3.8) is 0 Å². The Balaban J connectivity index is 2.43. The minimum Gasteiger partial charge on any atom is -0.496 e. The lowest BCUT2D eigenvalue weighted by Crippen LogP contribution is -2.16. The number of benzene rings is 2. The second kappa shape index (κ2) is 7.77. The highest BCUT2D eigenvalue weighted by Crippen LogP contribution is 2.39. The molecule has 0 aliphatic carbocycles. The minimum absolute atomic E-state index is 0.0345. The van der Waals surface area contributed by atoms with Crippen molar-refractivity contribution in [2.45, 2.75) is 31.3 Å². The number of ether oxygens (including phenoxy) is 1. The number of halogens is 3. The minimum atomic E-state index is -4.72. The van der Waals surface area contributed by atoms with Crippen LogP contribution >= 0.6 is 0 Å². The third kappa shape index (κ3) is 3.92. The van der Waals surface area contributed by atoms with Gasteiger partial charge in [-0.05, 0) is 49.2 Å². The largest absolute Gasteiger partial charge is 0.496 e. The summed E-state index contributed by atoms with van der Waals surface area (Å²) in [4.78, 5) is -0.324. The molecule has 0 radical (unpaired) electrons. The molecular weight excluding hydrogens is 419 g/mol. The first-order valence-electron chi connectivity index (χ1n) is 8.95. The normalized spacial score (nSPS) is 12.2. The number of aryl methyl sites for hydroxylation is 1. The molecule has 0 fully saturated rings. The van der Waals surface area contributed by atoms with Crippen LogP contribution in [0.1, 0.15) is 23.7 Å². The Labute approximate surface area is 172 Å². The van der Waals surface area contributed by atoms with Crippen molar-refractivity contribution in [3.05, 3.63) is 59.3 Å². The maximum atomic E-state index is 13.8. The quantitative estimate of drug-likeness (QED) is 0.649. The summed E-state index contributed by atoms with van der Waals surface area (Å²) in [6.45, 7) is 3.35. The van der Waals surface area contributed by atoms with Gasteiger partial charge in [-0.2, -0.15) is 18.3 Å². The number of para-hydroxylation sites is 1. The molecule has 160 valence electrons. The smallest absolute Gasteiger partial charge is 0.435 e. The molecule has 0 aliphatic heterocycles. The van der Waals surface area contributed by atoms with E-state index in [0.717, 1.165) is 4.68 Å². The van der Waals surface area contributed by atoms with Gasteiger partial charge in [0.1, 0.15) is 10.6 Å². The molecule has 2 aromatic carbocycles. The fourth-order valence-electron chi connectivity index (χ4n) is 3.38.